The average molecular weight is 432 g/mol. The SMILES string of the molecule is COc1cc([C@@H]2C3=C(C[C@H](c4ccccc4)CC3=O)Nc3onc(C)c32)cc(OC)c1O. The van der Waals surface area contributed by atoms with Crippen LogP contribution in [0.1, 0.15) is 47.1 Å². The summed E-state index contributed by atoms with van der Waals surface area (Å²) in [5.41, 5.74) is 4.96. The summed E-state index contributed by atoms with van der Waals surface area (Å²) in [6, 6.07) is 13.6. The Kier molecular flexibility index (Phi) is 4.89. The molecule has 0 bridgehead atoms. The average Bonchev–Trinajstić information content (AvgIpc) is 3.18. The molecule has 2 aromatic carbocycles. The van der Waals surface area contributed by atoms with Gasteiger partial charge in [0.1, 0.15) is 0 Å². The molecular formula is C25H24N2O5. The summed E-state index contributed by atoms with van der Waals surface area (Å²) >= 11 is 0. The van der Waals surface area contributed by atoms with Gasteiger partial charge in [0.05, 0.1) is 25.5 Å². The molecule has 1 aromatic heterocycles. The number of fused-ring (bicyclic) bond motifs is 1. The summed E-state index contributed by atoms with van der Waals surface area (Å²) in [5, 5.41) is 17.9. The summed E-state index contributed by atoms with van der Waals surface area (Å²) in [4.78, 5) is 13.6. The maximum atomic E-state index is 13.6. The third kappa shape index (κ3) is 3.12. The molecule has 0 saturated carbocycles. The topological polar surface area (TPSA) is 93.8 Å². The van der Waals surface area contributed by atoms with Crippen LogP contribution in [0.15, 0.2) is 58.3 Å². The number of nitrogens with zero attached hydrogens (tertiary/aromatic N) is 1. The number of Topliss-reactive ketones (excluding diaryl/α,β-unsaturated/α-hetero) is 1. The van der Waals surface area contributed by atoms with Crippen LogP contribution in [0.2, 0.25) is 0 Å². The fourth-order valence-corrected chi connectivity index (χ4v) is 4.85. The van der Waals surface area contributed by atoms with Gasteiger partial charge in [-0.1, -0.05) is 35.5 Å². The van der Waals surface area contributed by atoms with Crippen LogP contribution in [-0.2, 0) is 4.79 Å². The van der Waals surface area contributed by atoms with Crippen LogP contribution in [0, 0.1) is 6.92 Å². The molecule has 32 heavy (non-hydrogen) atoms. The minimum Gasteiger partial charge on any atom is -0.502 e. The van der Waals surface area contributed by atoms with Crippen LogP contribution < -0.4 is 14.8 Å². The van der Waals surface area contributed by atoms with Gasteiger partial charge < -0.3 is 24.4 Å². The van der Waals surface area contributed by atoms with Gasteiger partial charge in [-0.25, -0.2) is 0 Å². The standard InChI is InChI=1S/C25H24N2O5/c1-13-21-22(16-11-19(30-2)24(29)20(12-16)31-3)23-17(26-25(21)32-27-13)9-15(10-18(23)28)14-7-5-4-6-8-14/h4-8,11-12,15,22,26,29H,9-10H2,1-3H3/t15-,22-/m0/s1. The van der Waals surface area contributed by atoms with Gasteiger partial charge in [-0.15, -0.1) is 0 Å². The predicted octanol–water partition coefficient (Wildman–Crippen LogP) is 4.66. The highest BCUT2D eigenvalue weighted by molar-refractivity contribution is 6.01. The van der Waals surface area contributed by atoms with Crippen molar-refractivity contribution in [2.45, 2.75) is 31.6 Å². The maximum Gasteiger partial charge on any atom is 0.233 e. The van der Waals surface area contributed by atoms with Gasteiger partial charge in [0.25, 0.3) is 0 Å². The lowest BCUT2D eigenvalue weighted by Crippen LogP contribution is -2.29. The first-order chi connectivity index (χ1) is 15.5. The van der Waals surface area contributed by atoms with Gasteiger partial charge in [0.15, 0.2) is 17.3 Å². The molecule has 7 heteroatoms. The highest BCUT2D eigenvalue weighted by Crippen LogP contribution is 2.51. The quantitative estimate of drug-likeness (QED) is 0.619. The number of methoxy groups -OCH3 is 2. The number of carbonyl (C=O) groups excluding carboxylic acids is 1. The second-order valence-corrected chi connectivity index (χ2v) is 8.17. The highest BCUT2D eigenvalue weighted by Gasteiger charge is 2.41. The molecule has 2 atom stereocenters. The van der Waals surface area contributed by atoms with E-state index < -0.39 is 5.92 Å². The van der Waals surface area contributed by atoms with Crippen molar-refractivity contribution in [2.24, 2.45) is 0 Å². The van der Waals surface area contributed by atoms with Gasteiger partial charge in [-0.3, -0.25) is 4.79 Å². The van der Waals surface area contributed by atoms with Crippen molar-refractivity contribution in [3.63, 3.8) is 0 Å². The van der Waals surface area contributed by atoms with Crippen LogP contribution in [0.3, 0.4) is 0 Å². The molecule has 3 aromatic rings. The van der Waals surface area contributed by atoms with E-state index in [1.807, 2.05) is 25.1 Å². The number of carbonyl (C=O) groups is 1. The summed E-state index contributed by atoms with van der Waals surface area (Å²) < 4.78 is 16.3. The third-order valence-electron chi connectivity index (χ3n) is 6.36. The number of aromatic hydroxyl groups is 1. The van der Waals surface area contributed by atoms with Crippen molar-refractivity contribution in [1.29, 1.82) is 0 Å². The van der Waals surface area contributed by atoms with Crippen LogP contribution in [-0.4, -0.2) is 30.3 Å². The zero-order valence-corrected chi connectivity index (χ0v) is 18.1. The number of aryl methyl sites for hydroxylation is 1. The van der Waals surface area contributed by atoms with Gasteiger partial charge in [-0.05, 0) is 42.5 Å². The fraction of sp³-hybridized carbons (Fsp3) is 0.280. The Labute approximate surface area is 185 Å². The van der Waals surface area contributed by atoms with E-state index in [-0.39, 0.29) is 28.9 Å². The predicted molar refractivity (Wildman–Crippen MR) is 118 cm³/mol. The van der Waals surface area contributed by atoms with Crippen molar-refractivity contribution < 1.29 is 23.9 Å². The number of anilines is 1. The van der Waals surface area contributed by atoms with Crippen molar-refractivity contribution in [1.82, 2.24) is 5.16 Å². The highest BCUT2D eigenvalue weighted by atomic mass is 16.5. The number of hydrogen-bond acceptors (Lipinski definition) is 7. The lowest BCUT2D eigenvalue weighted by Gasteiger charge is -2.34. The van der Waals surface area contributed by atoms with Crippen molar-refractivity contribution >= 4 is 11.7 Å². The minimum atomic E-state index is -0.403. The summed E-state index contributed by atoms with van der Waals surface area (Å²) in [5.74, 6) is 0.782. The number of ketones is 1. The molecule has 0 saturated heterocycles. The Morgan fingerprint density at radius 1 is 1.06 bits per heavy atom. The Morgan fingerprint density at radius 2 is 1.75 bits per heavy atom. The molecule has 2 aliphatic rings. The van der Waals surface area contributed by atoms with Crippen LogP contribution in [0.25, 0.3) is 0 Å². The Bertz CT molecular complexity index is 1200. The molecule has 0 unspecified atom stereocenters. The molecule has 0 amide bonds. The van der Waals surface area contributed by atoms with E-state index in [1.54, 1.807) is 12.1 Å². The molecule has 0 spiro atoms. The van der Waals surface area contributed by atoms with Crippen LogP contribution >= 0.6 is 0 Å². The van der Waals surface area contributed by atoms with E-state index in [0.29, 0.717) is 30.0 Å². The van der Waals surface area contributed by atoms with E-state index in [4.69, 9.17) is 14.0 Å². The second-order valence-electron chi connectivity index (χ2n) is 8.17. The van der Waals surface area contributed by atoms with Gasteiger partial charge in [-0.2, -0.15) is 0 Å². The molecule has 164 valence electrons. The molecule has 7 nitrogen and oxygen atoms in total. The second kappa shape index (κ2) is 7.75. The van der Waals surface area contributed by atoms with Crippen LogP contribution in [0.5, 0.6) is 17.2 Å². The van der Waals surface area contributed by atoms with Gasteiger partial charge in [0, 0.05) is 23.6 Å². The third-order valence-corrected chi connectivity index (χ3v) is 6.36. The first-order valence-electron chi connectivity index (χ1n) is 10.5. The summed E-state index contributed by atoms with van der Waals surface area (Å²) in [6.07, 6.45) is 1.11. The Morgan fingerprint density at radius 3 is 2.41 bits per heavy atom. The zero-order chi connectivity index (χ0) is 22.4. The molecule has 0 radical (unpaired) electrons. The van der Waals surface area contributed by atoms with E-state index >= 15 is 0 Å². The number of benzene rings is 2. The van der Waals surface area contributed by atoms with Gasteiger partial charge in [0.2, 0.25) is 11.6 Å². The maximum absolute atomic E-state index is 13.6. The minimum absolute atomic E-state index is 0.0786. The first kappa shape index (κ1) is 20.2. The number of hydrogen-bond donors (Lipinski definition) is 2. The smallest absolute Gasteiger partial charge is 0.233 e. The summed E-state index contributed by atoms with van der Waals surface area (Å²) in [6.45, 7) is 1.86. The molecule has 1 aliphatic heterocycles. The normalized spacial score (nSPS) is 19.8. The van der Waals surface area contributed by atoms with Crippen LogP contribution in [0.4, 0.5) is 5.88 Å². The molecular weight excluding hydrogens is 408 g/mol. The molecule has 5 rings (SSSR count). The van der Waals surface area contributed by atoms with E-state index in [9.17, 15) is 9.90 Å². The largest absolute Gasteiger partial charge is 0.502 e. The van der Waals surface area contributed by atoms with E-state index in [1.165, 1.54) is 14.2 Å². The number of allylic oxidation sites excluding steroid dienone is 2. The Balaban J connectivity index is 1.67. The number of phenols is 1. The molecule has 2 N–H and O–H groups in total. The molecule has 0 fully saturated rings. The van der Waals surface area contributed by atoms with Crippen molar-refractivity contribution in [3.05, 3.63) is 76.1 Å². The first-order valence-corrected chi connectivity index (χ1v) is 10.5. The molecule has 2 heterocycles. The zero-order valence-electron chi connectivity index (χ0n) is 18.1. The number of rotatable bonds is 4. The van der Waals surface area contributed by atoms with E-state index in [2.05, 4.69) is 22.6 Å². The number of phenolic OH excluding ortho intramolecular Hbond substituents is 1. The van der Waals surface area contributed by atoms with E-state index in [0.717, 1.165) is 22.4 Å². The number of aromatic nitrogens is 1. The van der Waals surface area contributed by atoms with Crippen molar-refractivity contribution in [3.8, 4) is 17.2 Å². The lowest BCUT2D eigenvalue weighted by molar-refractivity contribution is -0.116. The fourth-order valence-electron chi connectivity index (χ4n) is 4.85. The Hall–Kier alpha value is -3.74. The van der Waals surface area contributed by atoms with Gasteiger partial charge >= 0.3 is 0 Å². The molecule has 1 aliphatic carbocycles. The van der Waals surface area contributed by atoms with Crippen molar-refractivity contribution in [2.75, 3.05) is 19.5 Å². The number of ether oxygens (including phenoxy) is 2. The monoisotopic (exact) mass is 432 g/mol. The lowest BCUT2D eigenvalue weighted by atomic mass is 9.72. The number of nitrogens with one attached hydrogen (secondary N) is 1. The summed E-state index contributed by atoms with van der Waals surface area (Å²) in [7, 11) is 2.97.